The molecule has 2 N–H and O–H groups in total. The summed E-state index contributed by atoms with van der Waals surface area (Å²) in [6.45, 7) is -0.815. The lowest BCUT2D eigenvalue weighted by Gasteiger charge is -2.31. The Morgan fingerprint density at radius 1 is 1.18 bits per heavy atom. The van der Waals surface area contributed by atoms with Crippen molar-refractivity contribution in [2.24, 2.45) is 0 Å². The van der Waals surface area contributed by atoms with Crippen LogP contribution in [-0.2, 0) is 32.9 Å². The fraction of sp³-hybridized carbons (Fsp3) is 0.360. The first-order valence-corrected chi connectivity index (χ1v) is 11.6. The molecule has 1 spiro atoms. The minimum atomic E-state index is -4.81. The molecule has 13 heteroatoms. The Morgan fingerprint density at radius 2 is 1.92 bits per heavy atom. The van der Waals surface area contributed by atoms with Crippen molar-refractivity contribution >= 4 is 29.6 Å². The Hall–Kier alpha value is -4.16. The van der Waals surface area contributed by atoms with Crippen molar-refractivity contribution in [2.75, 3.05) is 18.9 Å². The molecule has 2 atom stereocenters. The van der Waals surface area contributed by atoms with Gasteiger partial charge >= 0.3 is 18.3 Å². The molecular formula is C25H24F4N4O5. The maximum absolute atomic E-state index is 13.6. The van der Waals surface area contributed by atoms with Crippen LogP contribution in [0.4, 0.5) is 32.8 Å². The Bertz CT molecular complexity index is 1300. The zero-order valence-corrected chi connectivity index (χ0v) is 20.4. The average molecular weight is 536 g/mol. The molecule has 1 saturated heterocycles. The van der Waals surface area contributed by atoms with Crippen LogP contribution in [0.25, 0.3) is 0 Å². The van der Waals surface area contributed by atoms with Crippen molar-refractivity contribution in [2.45, 2.75) is 44.1 Å². The monoisotopic (exact) mass is 536 g/mol. The van der Waals surface area contributed by atoms with E-state index in [0.29, 0.717) is 33.0 Å². The zero-order chi connectivity index (χ0) is 27.8. The number of halogens is 4. The number of urea groups is 1. The smallest absolute Gasteiger partial charge is 0.418 e. The van der Waals surface area contributed by atoms with E-state index in [1.807, 2.05) is 0 Å². The van der Waals surface area contributed by atoms with Crippen molar-refractivity contribution in [1.82, 2.24) is 15.1 Å². The summed E-state index contributed by atoms with van der Waals surface area (Å²) in [7, 11) is 1.44. The summed E-state index contributed by atoms with van der Waals surface area (Å²) in [4.78, 5) is 51.7. The molecule has 0 radical (unpaired) electrons. The van der Waals surface area contributed by atoms with Crippen LogP contribution >= 0.6 is 0 Å². The molecule has 0 saturated carbocycles. The Kier molecular flexibility index (Phi) is 7.04. The van der Waals surface area contributed by atoms with Crippen molar-refractivity contribution in [3.8, 4) is 0 Å². The summed E-state index contributed by atoms with van der Waals surface area (Å²) in [5.74, 6) is -2.72. The highest BCUT2D eigenvalue weighted by Gasteiger charge is 2.58. The van der Waals surface area contributed by atoms with E-state index in [9.17, 15) is 36.7 Å². The molecule has 1 heterocycles. The Labute approximate surface area is 214 Å². The van der Waals surface area contributed by atoms with Gasteiger partial charge in [0.2, 0.25) is 11.5 Å². The van der Waals surface area contributed by atoms with Crippen LogP contribution in [0.2, 0.25) is 0 Å². The highest BCUT2D eigenvalue weighted by molar-refractivity contribution is 6.06. The molecule has 2 unspecified atom stereocenters. The number of carbonyl (C=O) groups is 4. The van der Waals surface area contributed by atoms with Crippen LogP contribution in [0.1, 0.15) is 30.0 Å². The van der Waals surface area contributed by atoms with Gasteiger partial charge in [-0.3, -0.25) is 9.59 Å². The number of imide groups is 1. The largest absolute Gasteiger partial charge is 0.427 e. The first-order valence-electron chi connectivity index (χ1n) is 11.6. The Balaban J connectivity index is 1.57. The van der Waals surface area contributed by atoms with Crippen LogP contribution in [0, 0.1) is 5.82 Å². The van der Waals surface area contributed by atoms with Crippen molar-refractivity contribution < 1.29 is 41.5 Å². The number of rotatable bonds is 6. The molecule has 9 nitrogen and oxygen atoms in total. The average Bonchev–Trinajstić information content (AvgIpc) is 3.33. The summed E-state index contributed by atoms with van der Waals surface area (Å²) in [6.07, 6.45) is -5.59. The number of nitrogens with one attached hydrogen (secondary N) is 2. The molecule has 0 bridgehead atoms. The molecule has 1 aliphatic heterocycles. The normalized spacial score (nSPS) is 19.3. The molecule has 2 aliphatic rings. The maximum Gasteiger partial charge on any atom is 0.418 e. The van der Waals surface area contributed by atoms with E-state index in [1.54, 1.807) is 6.07 Å². The SMILES string of the molecule is CNC(=O)Nc1ccc2c(c1)CCC21OC(=O)N(CC(=O)N(Cc2cccc(F)c2)C(C)C(F)(F)F)C1=O. The first kappa shape index (κ1) is 26.9. The second-order valence-electron chi connectivity index (χ2n) is 9.03. The third-order valence-electron chi connectivity index (χ3n) is 6.64. The lowest BCUT2D eigenvalue weighted by atomic mass is 9.94. The molecule has 4 rings (SSSR count). The van der Waals surface area contributed by atoms with Gasteiger partial charge in [0, 0.05) is 31.3 Å². The summed E-state index contributed by atoms with van der Waals surface area (Å²) >= 11 is 0. The van der Waals surface area contributed by atoms with Crippen LogP contribution in [-0.4, -0.2) is 59.5 Å². The van der Waals surface area contributed by atoms with Crippen molar-refractivity contribution in [1.29, 1.82) is 0 Å². The first-order chi connectivity index (χ1) is 17.9. The number of ether oxygens (including phenoxy) is 1. The highest BCUT2D eigenvalue weighted by Crippen LogP contribution is 2.46. The predicted octanol–water partition coefficient (Wildman–Crippen LogP) is 3.68. The van der Waals surface area contributed by atoms with Crippen molar-refractivity contribution in [3.05, 3.63) is 65.0 Å². The molecule has 0 aromatic heterocycles. The second-order valence-corrected chi connectivity index (χ2v) is 9.03. The number of amides is 5. The summed E-state index contributed by atoms with van der Waals surface area (Å²) in [5.41, 5.74) is -0.174. The summed E-state index contributed by atoms with van der Waals surface area (Å²) in [5, 5.41) is 5.00. The van der Waals surface area contributed by atoms with Gasteiger partial charge in [0.15, 0.2) is 0 Å². The number of anilines is 1. The van der Waals surface area contributed by atoms with E-state index in [1.165, 1.54) is 31.3 Å². The molecule has 1 aliphatic carbocycles. The minimum Gasteiger partial charge on any atom is -0.427 e. The number of aryl methyl sites for hydroxylation is 1. The van der Waals surface area contributed by atoms with E-state index < -0.39 is 60.7 Å². The molecular weight excluding hydrogens is 512 g/mol. The molecule has 2 aromatic rings. The lowest BCUT2D eigenvalue weighted by Crippen LogP contribution is -2.51. The van der Waals surface area contributed by atoms with E-state index in [4.69, 9.17) is 4.74 Å². The number of hydrogen-bond acceptors (Lipinski definition) is 5. The number of alkyl halides is 3. The van der Waals surface area contributed by atoms with Gasteiger partial charge in [0.25, 0.3) is 5.91 Å². The number of hydrogen-bond donors (Lipinski definition) is 2. The molecule has 5 amide bonds. The van der Waals surface area contributed by atoms with Crippen LogP contribution in [0.15, 0.2) is 42.5 Å². The van der Waals surface area contributed by atoms with Gasteiger partial charge in [0.05, 0.1) is 0 Å². The molecule has 202 valence electrons. The minimum absolute atomic E-state index is 0.0625. The number of benzene rings is 2. The Morgan fingerprint density at radius 3 is 2.58 bits per heavy atom. The second kappa shape index (κ2) is 9.95. The van der Waals surface area contributed by atoms with E-state index in [0.717, 1.165) is 19.1 Å². The third-order valence-corrected chi connectivity index (χ3v) is 6.64. The highest BCUT2D eigenvalue weighted by atomic mass is 19.4. The standard InChI is InChI=1S/C25H24F4N4O5/c1-14(25(27,28)29)32(12-15-4-3-5-17(26)10-15)20(34)13-33-21(35)24(38-23(33)37)9-8-16-11-18(6-7-19(16)24)31-22(36)30-2/h3-7,10-11,14H,8-9,12-13H2,1-2H3,(H2,30,31,36). The van der Waals surface area contributed by atoms with Gasteiger partial charge in [-0.05, 0) is 48.7 Å². The zero-order valence-electron chi connectivity index (χ0n) is 20.4. The van der Waals surface area contributed by atoms with Gasteiger partial charge in [-0.1, -0.05) is 18.2 Å². The quantitative estimate of drug-likeness (QED) is 0.548. The fourth-order valence-electron chi connectivity index (χ4n) is 4.60. The van der Waals surface area contributed by atoms with Crippen molar-refractivity contribution in [3.63, 3.8) is 0 Å². The summed E-state index contributed by atoms with van der Waals surface area (Å²) < 4.78 is 59.8. The predicted molar refractivity (Wildman–Crippen MR) is 125 cm³/mol. The van der Waals surface area contributed by atoms with E-state index >= 15 is 0 Å². The lowest BCUT2D eigenvalue weighted by molar-refractivity contribution is -0.187. The van der Waals surface area contributed by atoms with E-state index in [2.05, 4.69) is 10.6 Å². The number of carbonyl (C=O) groups excluding carboxylic acids is 4. The molecule has 2 aromatic carbocycles. The third kappa shape index (κ3) is 5.00. The maximum atomic E-state index is 13.6. The van der Waals surface area contributed by atoms with Crippen LogP contribution in [0.3, 0.4) is 0 Å². The summed E-state index contributed by atoms with van der Waals surface area (Å²) in [6, 6.07) is 6.69. The van der Waals surface area contributed by atoms with Gasteiger partial charge in [-0.15, -0.1) is 0 Å². The number of fused-ring (bicyclic) bond motifs is 2. The van der Waals surface area contributed by atoms with Crippen LogP contribution < -0.4 is 10.6 Å². The van der Waals surface area contributed by atoms with Crippen LogP contribution in [0.5, 0.6) is 0 Å². The van der Waals surface area contributed by atoms with E-state index in [-0.39, 0.29) is 12.0 Å². The number of nitrogens with zero attached hydrogens (tertiary/aromatic N) is 2. The molecule has 38 heavy (non-hydrogen) atoms. The topological polar surface area (TPSA) is 108 Å². The van der Waals surface area contributed by atoms with Gasteiger partial charge in [-0.25, -0.2) is 18.9 Å². The van der Waals surface area contributed by atoms with Gasteiger partial charge in [0.1, 0.15) is 18.4 Å². The van der Waals surface area contributed by atoms with Gasteiger partial charge < -0.3 is 20.3 Å². The van der Waals surface area contributed by atoms with Gasteiger partial charge in [-0.2, -0.15) is 13.2 Å². The fourth-order valence-corrected chi connectivity index (χ4v) is 4.60. The molecule has 1 fully saturated rings.